The molecule has 1 N–H and O–H groups in total. The minimum atomic E-state index is 0.649. The van der Waals surface area contributed by atoms with Gasteiger partial charge < -0.3 is 0 Å². The fourth-order valence-corrected chi connectivity index (χ4v) is 3.01. The second-order valence-electron chi connectivity index (χ2n) is 4.18. The van der Waals surface area contributed by atoms with Crippen molar-refractivity contribution in [3.63, 3.8) is 0 Å². The van der Waals surface area contributed by atoms with E-state index in [-0.39, 0.29) is 0 Å². The average Bonchev–Trinajstić information content (AvgIpc) is 3.02. The Morgan fingerprint density at radius 2 is 2.11 bits per heavy atom. The van der Waals surface area contributed by atoms with Gasteiger partial charge in [0, 0.05) is 11.9 Å². The molecule has 0 unspecified atom stereocenters. The normalized spacial score (nSPS) is 11.4. The molecule has 0 spiro atoms. The van der Waals surface area contributed by atoms with Crippen LogP contribution in [0.3, 0.4) is 0 Å². The van der Waals surface area contributed by atoms with E-state index in [1.165, 1.54) is 0 Å². The van der Waals surface area contributed by atoms with Gasteiger partial charge in [0.1, 0.15) is 10.7 Å². The van der Waals surface area contributed by atoms with Crippen LogP contribution in [0.5, 0.6) is 0 Å². The van der Waals surface area contributed by atoms with Crippen molar-refractivity contribution in [1.82, 2.24) is 24.6 Å². The lowest BCUT2D eigenvalue weighted by Crippen LogP contribution is -2.21. The summed E-state index contributed by atoms with van der Waals surface area (Å²) in [5, 5.41) is 10.3. The largest absolute Gasteiger partial charge is 0.299 e. The van der Waals surface area contributed by atoms with Gasteiger partial charge in [-0.2, -0.15) is 5.10 Å². The number of hydrogen-bond donors (Lipinski definition) is 1. The summed E-state index contributed by atoms with van der Waals surface area (Å²) in [6.45, 7) is 10.2. The molecular formula is C12H19N5S2. The monoisotopic (exact) mass is 297 g/mol. The van der Waals surface area contributed by atoms with Crippen LogP contribution in [0.1, 0.15) is 25.8 Å². The maximum atomic E-state index is 5.20. The predicted molar refractivity (Wildman–Crippen MR) is 80.8 cm³/mol. The molecule has 0 bridgehead atoms. The Hall–Kier alpha value is -1.05. The van der Waals surface area contributed by atoms with Crippen molar-refractivity contribution in [3.05, 3.63) is 15.2 Å². The van der Waals surface area contributed by atoms with Crippen LogP contribution in [0.25, 0.3) is 11.5 Å². The Balaban J connectivity index is 2.23. The summed E-state index contributed by atoms with van der Waals surface area (Å²) in [6.07, 6.45) is 0. The SMILES string of the molecule is CCN(CC)Cc1nc(-c2n[nH]c(=S)n2CC)cs1. The summed E-state index contributed by atoms with van der Waals surface area (Å²) in [5.41, 5.74) is 0.904. The molecule has 5 nitrogen and oxygen atoms in total. The first-order valence-electron chi connectivity index (χ1n) is 6.51. The average molecular weight is 297 g/mol. The van der Waals surface area contributed by atoms with Crippen molar-refractivity contribution in [2.75, 3.05) is 13.1 Å². The number of H-pyrrole nitrogens is 1. The van der Waals surface area contributed by atoms with Crippen molar-refractivity contribution in [1.29, 1.82) is 0 Å². The van der Waals surface area contributed by atoms with Gasteiger partial charge in [0.25, 0.3) is 0 Å². The Morgan fingerprint density at radius 3 is 2.74 bits per heavy atom. The maximum Gasteiger partial charge on any atom is 0.195 e. The summed E-state index contributed by atoms with van der Waals surface area (Å²) < 4.78 is 2.61. The third-order valence-corrected chi connectivity index (χ3v) is 4.25. The summed E-state index contributed by atoms with van der Waals surface area (Å²) in [6, 6.07) is 0. The quantitative estimate of drug-likeness (QED) is 0.833. The lowest BCUT2D eigenvalue weighted by atomic mass is 10.4. The molecule has 104 valence electrons. The van der Waals surface area contributed by atoms with Crippen LogP contribution in [0, 0.1) is 4.77 Å². The first-order valence-corrected chi connectivity index (χ1v) is 7.80. The molecular weight excluding hydrogens is 278 g/mol. The van der Waals surface area contributed by atoms with E-state index in [0.717, 1.165) is 42.7 Å². The highest BCUT2D eigenvalue weighted by molar-refractivity contribution is 7.71. The van der Waals surface area contributed by atoms with Gasteiger partial charge in [-0.15, -0.1) is 11.3 Å². The van der Waals surface area contributed by atoms with Gasteiger partial charge in [0.15, 0.2) is 10.6 Å². The summed E-state index contributed by atoms with van der Waals surface area (Å²) in [4.78, 5) is 7.01. The smallest absolute Gasteiger partial charge is 0.195 e. The van der Waals surface area contributed by atoms with Gasteiger partial charge in [-0.05, 0) is 32.2 Å². The molecule has 7 heteroatoms. The molecule has 19 heavy (non-hydrogen) atoms. The maximum absolute atomic E-state index is 5.20. The van der Waals surface area contributed by atoms with Crippen LogP contribution in [-0.4, -0.2) is 37.7 Å². The third-order valence-electron chi connectivity index (χ3n) is 3.11. The number of aromatic amines is 1. The minimum absolute atomic E-state index is 0.649. The number of nitrogens with one attached hydrogen (secondary N) is 1. The van der Waals surface area contributed by atoms with E-state index in [4.69, 9.17) is 12.2 Å². The fraction of sp³-hybridized carbons (Fsp3) is 0.583. The summed E-state index contributed by atoms with van der Waals surface area (Å²) in [5.74, 6) is 0.828. The Labute approximate surface area is 122 Å². The Morgan fingerprint density at radius 1 is 1.37 bits per heavy atom. The van der Waals surface area contributed by atoms with Crippen molar-refractivity contribution in [2.45, 2.75) is 33.9 Å². The van der Waals surface area contributed by atoms with Gasteiger partial charge in [-0.1, -0.05) is 13.8 Å². The molecule has 0 radical (unpaired) electrons. The van der Waals surface area contributed by atoms with Crippen molar-refractivity contribution in [3.8, 4) is 11.5 Å². The van der Waals surface area contributed by atoms with Gasteiger partial charge in [0.2, 0.25) is 0 Å². The third kappa shape index (κ3) is 3.10. The molecule has 0 atom stereocenters. The highest BCUT2D eigenvalue weighted by Gasteiger charge is 2.12. The van der Waals surface area contributed by atoms with Crippen LogP contribution >= 0.6 is 23.6 Å². The number of aromatic nitrogens is 4. The van der Waals surface area contributed by atoms with Crippen molar-refractivity contribution >= 4 is 23.6 Å². The first kappa shape index (κ1) is 14.4. The van der Waals surface area contributed by atoms with Gasteiger partial charge in [-0.25, -0.2) is 4.98 Å². The molecule has 0 saturated heterocycles. The van der Waals surface area contributed by atoms with Crippen LogP contribution in [0.2, 0.25) is 0 Å². The fourth-order valence-electron chi connectivity index (χ4n) is 1.93. The molecule has 0 aliphatic carbocycles. The van der Waals surface area contributed by atoms with Gasteiger partial charge in [0.05, 0.1) is 6.54 Å². The molecule has 0 saturated carbocycles. The molecule has 0 amide bonds. The molecule has 0 aromatic carbocycles. The second kappa shape index (κ2) is 6.40. The second-order valence-corrected chi connectivity index (χ2v) is 5.51. The molecule has 0 fully saturated rings. The first-order chi connectivity index (χ1) is 9.19. The van der Waals surface area contributed by atoms with E-state index in [2.05, 4.69) is 46.2 Å². The molecule has 0 aliphatic rings. The van der Waals surface area contributed by atoms with E-state index in [1.54, 1.807) is 11.3 Å². The van der Waals surface area contributed by atoms with Crippen LogP contribution in [0.15, 0.2) is 5.38 Å². The predicted octanol–water partition coefficient (Wildman–Crippen LogP) is 2.93. The minimum Gasteiger partial charge on any atom is -0.299 e. The van der Waals surface area contributed by atoms with Crippen LogP contribution < -0.4 is 0 Å². The molecule has 2 heterocycles. The van der Waals surface area contributed by atoms with Gasteiger partial charge in [-0.3, -0.25) is 14.6 Å². The highest BCUT2D eigenvalue weighted by atomic mass is 32.1. The van der Waals surface area contributed by atoms with E-state index < -0.39 is 0 Å². The molecule has 0 aliphatic heterocycles. The lowest BCUT2D eigenvalue weighted by molar-refractivity contribution is 0.295. The van der Waals surface area contributed by atoms with E-state index in [1.807, 2.05) is 4.57 Å². The van der Waals surface area contributed by atoms with E-state index in [0.29, 0.717) is 4.77 Å². The summed E-state index contributed by atoms with van der Waals surface area (Å²) in [7, 11) is 0. The van der Waals surface area contributed by atoms with E-state index >= 15 is 0 Å². The van der Waals surface area contributed by atoms with E-state index in [9.17, 15) is 0 Å². The summed E-state index contributed by atoms with van der Waals surface area (Å²) >= 11 is 6.88. The molecule has 2 aromatic rings. The van der Waals surface area contributed by atoms with Crippen LogP contribution in [0.4, 0.5) is 0 Å². The molecule has 2 aromatic heterocycles. The number of thiazole rings is 1. The zero-order valence-electron chi connectivity index (χ0n) is 11.5. The lowest BCUT2D eigenvalue weighted by Gasteiger charge is -2.15. The zero-order chi connectivity index (χ0) is 13.8. The number of nitrogens with zero attached hydrogens (tertiary/aromatic N) is 4. The molecule has 2 rings (SSSR count). The van der Waals surface area contributed by atoms with Gasteiger partial charge >= 0.3 is 0 Å². The van der Waals surface area contributed by atoms with Crippen molar-refractivity contribution in [2.24, 2.45) is 0 Å². The van der Waals surface area contributed by atoms with Crippen molar-refractivity contribution < 1.29 is 0 Å². The van der Waals surface area contributed by atoms with Crippen LogP contribution in [-0.2, 0) is 13.1 Å². The topological polar surface area (TPSA) is 49.7 Å². The number of hydrogen-bond acceptors (Lipinski definition) is 5. The Kier molecular flexibility index (Phi) is 4.84. The Bertz CT molecular complexity index is 579. The number of rotatable bonds is 6. The highest BCUT2D eigenvalue weighted by Crippen LogP contribution is 2.21. The standard InChI is InChI=1S/C12H19N5S2/c1-4-16(5-2)7-10-13-9(8-19-10)11-14-15-12(18)17(11)6-3/h8H,4-7H2,1-3H3,(H,15,18). The zero-order valence-corrected chi connectivity index (χ0v) is 13.1.